The van der Waals surface area contributed by atoms with Gasteiger partial charge in [-0.1, -0.05) is 18.2 Å². The molecule has 0 bridgehead atoms. The Bertz CT molecular complexity index is 409. The Morgan fingerprint density at radius 3 is 2.94 bits per heavy atom. The summed E-state index contributed by atoms with van der Waals surface area (Å²) in [6, 6.07) is 8.39. The number of hydrogen-bond acceptors (Lipinski definition) is 2. The maximum atomic E-state index is 8.87. The molecule has 2 N–H and O–H groups in total. The van der Waals surface area contributed by atoms with Crippen molar-refractivity contribution in [2.75, 3.05) is 31.1 Å². The zero-order valence-electron chi connectivity index (χ0n) is 10.6. The zero-order chi connectivity index (χ0) is 12.1. The summed E-state index contributed by atoms with van der Waals surface area (Å²) in [6.45, 7) is 4.38. The lowest BCUT2D eigenvalue weighted by atomic mass is 10.2. The quantitative estimate of drug-likeness (QED) is 0.489. The number of anilines is 1. The first-order chi connectivity index (χ1) is 8.36. The van der Waals surface area contributed by atoms with E-state index >= 15 is 0 Å². The summed E-state index contributed by atoms with van der Waals surface area (Å²) in [4.78, 5) is 6.58. The summed E-state index contributed by atoms with van der Waals surface area (Å²) in [6.07, 6.45) is 1.06. The lowest BCUT2D eigenvalue weighted by molar-refractivity contribution is 0.306. The molecule has 1 heterocycles. The van der Waals surface area contributed by atoms with E-state index in [1.165, 1.54) is 11.3 Å². The minimum atomic E-state index is 0. The predicted octanol–water partition coefficient (Wildman–Crippen LogP) is 1.62. The van der Waals surface area contributed by atoms with E-state index in [-0.39, 0.29) is 30.6 Å². The highest BCUT2D eigenvalue weighted by atomic mass is 127. The van der Waals surface area contributed by atoms with Crippen molar-refractivity contribution in [3.63, 3.8) is 0 Å². The van der Waals surface area contributed by atoms with Crippen molar-refractivity contribution in [2.24, 2.45) is 4.99 Å². The van der Waals surface area contributed by atoms with E-state index in [0.717, 1.165) is 25.5 Å². The van der Waals surface area contributed by atoms with Crippen LogP contribution in [0.3, 0.4) is 0 Å². The van der Waals surface area contributed by atoms with Crippen molar-refractivity contribution in [2.45, 2.75) is 13.3 Å². The first-order valence-electron chi connectivity index (χ1n) is 6.11. The van der Waals surface area contributed by atoms with E-state index in [9.17, 15) is 0 Å². The normalized spacial score (nSPS) is 14.1. The van der Waals surface area contributed by atoms with E-state index in [1.807, 2.05) is 6.07 Å². The van der Waals surface area contributed by atoms with Crippen LogP contribution in [0, 0.1) is 0 Å². The fourth-order valence-corrected chi connectivity index (χ4v) is 2.11. The van der Waals surface area contributed by atoms with Crippen LogP contribution in [0.5, 0.6) is 0 Å². The number of guanidine groups is 1. The number of para-hydroxylation sites is 1. The molecule has 2 rings (SSSR count). The summed E-state index contributed by atoms with van der Waals surface area (Å²) in [5.74, 6) is 0.867. The molecule has 0 saturated heterocycles. The van der Waals surface area contributed by atoms with Gasteiger partial charge in [-0.05, 0) is 25.0 Å². The zero-order valence-corrected chi connectivity index (χ0v) is 12.9. The molecule has 0 aromatic heterocycles. The molecule has 0 spiro atoms. The van der Waals surface area contributed by atoms with E-state index in [0.29, 0.717) is 6.54 Å². The molecule has 1 aromatic carbocycles. The highest BCUT2D eigenvalue weighted by molar-refractivity contribution is 14.0. The molecular weight excluding hydrogens is 341 g/mol. The lowest BCUT2D eigenvalue weighted by Gasteiger charge is -2.22. The molecule has 5 heteroatoms. The second kappa shape index (κ2) is 7.58. The number of aliphatic hydroxyl groups is 1. The topological polar surface area (TPSA) is 47.9 Å². The molecule has 0 atom stereocenters. The molecule has 0 amide bonds. The predicted molar refractivity (Wildman–Crippen MR) is 86.0 cm³/mol. The van der Waals surface area contributed by atoms with Crippen molar-refractivity contribution >= 4 is 35.6 Å². The van der Waals surface area contributed by atoms with Crippen LogP contribution >= 0.6 is 24.0 Å². The maximum Gasteiger partial charge on any atom is 0.198 e. The van der Waals surface area contributed by atoms with Crippen LogP contribution in [0.1, 0.15) is 12.5 Å². The van der Waals surface area contributed by atoms with E-state index in [2.05, 4.69) is 40.3 Å². The van der Waals surface area contributed by atoms with Gasteiger partial charge >= 0.3 is 0 Å². The van der Waals surface area contributed by atoms with Crippen LogP contribution in [-0.4, -0.2) is 37.3 Å². The smallest absolute Gasteiger partial charge is 0.198 e. The minimum Gasteiger partial charge on any atom is -0.394 e. The number of aliphatic hydroxyl groups excluding tert-OH is 1. The highest BCUT2D eigenvalue weighted by Crippen LogP contribution is 2.27. The number of halogens is 1. The van der Waals surface area contributed by atoms with Gasteiger partial charge in [-0.25, -0.2) is 0 Å². The van der Waals surface area contributed by atoms with Crippen molar-refractivity contribution in [3.8, 4) is 0 Å². The SMILES string of the molecule is CCNC(=NCCO)N1CCc2ccccc21.I. The number of aliphatic imine (C=N–C) groups is 1. The standard InChI is InChI=1S/C13H19N3O.HI/c1-2-14-13(15-8-10-17)16-9-7-11-5-3-4-6-12(11)16;/h3-6,17H,2,7-10H2,1H3,(H,14,15);1H. The van der Waals surface area contributed by atoms with Crippen molar-refractivity contribution < 1.29 is 5.11 Å². The van der Waals surface area contributed by atoms with Gasteiger partial charge in [0.2, 0.25) is 0 Å². The van der Waals surface area contributed by atoms with Gasteiger partial charge < -0.3 is 15.3 Å². The first-order valence-corrected chi connectivity index (χ1v) is 6.11. The van der Waals surface area contributed by atoms with Gasteiger partial charge in [0, 0.05) is 18.8 Å². The molecule has 1 aliphatic heterocycles. The molecule has 100 valence electrons. The van der Waals surface area contributed by atoms with Crippen LogP contribution in [0.2, 0.25) is 0 Å². The Hall–Kier alpha value is -0.820. The first kappa shape index (κ1) is 15.2. The van der Waals surface area contributed by atoms with Crippen molar-refractivity contribution in [1.82, 2.24) is 5.32 Å². The van der Waals surface area contributed by atoms with Gasteiger partial charge in [0.15, 0.2) is 5.96 Å². The summed E-state index contributed by atoms with van der Waals surface area (Å²) in [5, 5.41) is 12.1. The molecule has 0 unspecified atom stereocenters. The van der Waals surface area contributed by atoms with Crippen molar-refractivity contribution in [3.05, 3.63) is 29.8 Å². The Balaban J connectivity index is 0.00000162. The third-order valence-corrected chi connectivity index (χ3v) is 2.84. The molecule has 0 aliphatic carbocycles. The number of nitrogens with one attached hydrogen (secondary N) is 1. The average Bonchev–Trinajstić information content (AvgIpc) is 2.78. The molecule has 1 aromatic rings. The monoisotopic (exact) mass is 361 g/mol. The molecule has 0 radical (unpaired) electrons. The van der Waals surface area contributed by atoms with Crippen LogP contribution in [0.15, 0.2) is 29.3 Å². The number of nitrogens with zero attached hydrogens (tertiary/aromatic N) is 2. The fraction of sp³-hybridized carbons (Fsp3) is 0.462. The lowest BCUT2D eigenvalue weighted by Crippen LogP contribution is -2.40. The van der Waals surface area contributed by atoms with Gasteiger partial charge in [0.05, 0.1) is 13.2 Å². The number of benzene rings is 1. The van der Waals surface area contributed by atoms with Crippen LogP contribution in [0.25, 0.3) is 0 Å². The molecule has 0 saturated carbocycles. The molecule has 4 nitrogen and oxygen atoms in total. The summed E-state index contributed by atoms with van der Waals surface area (Å²) < 4.78 is 0. The van der Waals surface area contributed by atoms with Crippen molar-refractivity contribution in [1.29, 1.82) is 0 Å². The van der Waals surface area contributed by atoms with E-state index < -0.39 is 0 Å². The Kier molecular flexibility index (Phi) is 6.42. The Labute approximate surface area is 125 Å². The van der Waals surface area contributed by atoms with Gasteiger partial charge in [0.1, 0.15) is 0 Å². The second-order valence-electron chi connectivity index (χ2n) is 3.99. The fourth-order valence-electron chi connectivity index (χ4n) is 2.11. The van der Waals surface area contributed by atoms with Crippen LogP contribution in [-0.2, 0) is 6.42 Å². The van der Waals surface area contributed by atoms with Gasteiger partial charge in [-0.15, -0.1) is 24.0 Å². The van der Waals surface area contributed by atoms with Gasteiger partial charge in [-0.3, -0.25) is 4.99 Å². The Morgan fingerprint density at radius 2 is 2.22 bits per heavy atom. The van der Waals surface area contributed by atoms with Gasteiger partial charge in [-0.2, -0.15) is 0 Å². The third kappa shape index (κ3) is 3.35. The van der Waals surface area contributed by atoms with Crippen LogP contribution < -0.4 is 10.2 Å². The summed E-state index contributed by atoms with van der Waals surface area (Å²) in [5.41, 5.74) is 2.59. The van der Waals surface area contributed by atoms with E-state index in [1.54, 1.807) is 0 Å². The number of rotatable bonds is 3. The van der Waals surface area contributed by atoms with Crippen LogP contribution in [0.4, 0.5) is 5.69 Å². The molecule has 1 aliphatic rings. The second-order valence-corrected chi connectivity index (χ2v) is 3.99. The Morgan fingerprint density at radius 1 is 1.44 bits per heavy atom. The molecule has 0 fully saturated rings. The maximum absolute atomic E-state index is 8.87. The third-order valence-electron chi connectivity index (χ3n) is 2.84. The molecular formula is C13H20IN3O. The summed E-state index contributed by atoms with van der Waals surface area (Å²) in [7, 11) is 0. The largest absolute Gasteiger partial charge is 0.394 e. The highest BCUT2D eigenvalue weighted by Gasteiger charge is 2.21. The number of fused-ring (bicyclic) bond motifs is 1. The molecule has 18 heavy (non-hydrogen) atoms. The number of hydrogen-bond donors (Lipinski definition) is 2. The van der Waals surface area contributed by atoms with E-state index in [4.69, 9.17) is 5.11 Å². The minimum absolute atomic E-state index is 0. The average molecular weight is 361 g/mol. The summed E-state index contributed by atoms with van der Waals surface area (Å²) >= 11 is 0. The van der Waals surface area contributed by atoms with Gasteiger partial charge in [0.25, 0.3) is 0 Å².